The molecule has 2 aromatic rings. The first-order valence-electron chi connectivity index (χ1n) is 7.03. The van der Waals surface area contributed by atoms with Gasteiger partial charge in [-0.1, -0.05) is 11.2 Å². The summed E-state index contributed by atoms with van der Waals surface area (Å²) in [6, 6.07) is 4.23. The summed E-state index contributed by atoms with van der Waals surface area (Å²) in [5, 5.41) is 7.48. The van der Waals surface area contributed by atoms with E-state index in [-0.39, 0.29) is 18.4 Å². The Kier molecular flexibility index (Phi) is 6.63. The van der Waals surface area contributed by atoms with E-state index in [1.165, 1.54) is 5.56 Å². The molecule has 2 aromatic heterocycles. The van der Waals surface area contributed by atoms with Crippen LogP contribution in [0, 0.1) is 0 Å². The molecule has 0 radical (unpaired) electrons. The Labute approximate surface area is 140 Å². The fourth-order valence-corrected chi connectivity index (χ4v) is 3.10. The lowest BCUT2D eigenvalue weighted by Gasteiger charge is -2.30. The van der Waals surface area contributed by atoms with Crippen LogP contribution in [0.1, 0.15) is 23.3 Å². The first kappa shape index (κ1) is 17.2. The molecule has 8 heteroatoms. The van der Waals surface area contributed by atoms with Crippen LogP contribution in [0.3, 0.4) is 0 Å². The second kappa shape index (κ2) is 8.47. The Hall–Kier alpha value is -1.15. The van der Waals surface area contributed by atoms with Crippen LogP contribution < -0.4 is 5.32 Å². The number of thioether (sulfide) groups is 1. The molecular formula is C14H20ClN5OS. The molecule has 0 spiro atoms. The normalized spacial score (nSPS) is 18.9. The standard InChI is InChI=1S/C14H19N5OS.ClH/c1-19-6-5-16-8-12(19)14-17-13(20-18-14)10-21-9-11-3-2-4-15-7-11;/h2-4,7,12,16H,5-6,8-10H2,1H3;1H. The van der Waals surface area contributed by atoms with Gasteiger partial charge in [0.2, 0.25) is 5.89 Å². The van der Waals surface area contributed by atoms with E-state index >= 15 is 0 Å². The summed E-state index contributed by atoms with van der Waals surface area (Å²) < 4.78 is 5.35. The smallest absolute Gasteiger partial charge is 0.236 e. The van der Waals surface area contributed by atoms with Crippen LogP contribution >= 0.6 is 24.2 Å². The highest BCUT2D eigenvalue weighted by Crippen LogP contribution is 2.20. The van der Waals surface area contributed by atoms with Gasteiger partial charge in [-0.25, -0.2) is 0 Å². The molecule has 3 rings (SSSR count). The number of hydrogen-bond acceptors (Lipinski definition) is 7. The van der Waals surface area contributed by atoms with Crippen molar-refractivity contribution in [3.8, 4) is 0 Å². The number of hydrogen-bond donors (Lipinski definition) is 1. The number of piperazine rings is 1. The SMILES string of the molecule is CN1CCNCC1c1noc(CSCc2cccnc2)n1.Cl. The molecule has 1 aliphatic heterocycles. The zero-order valence-corrected chi connectivity index (χ0v) is 14.1. The van der Waals surface area contributed by atoms with Crippen molar-refractivity contribution >= 4 is 24.2 Å². The van der Waals surface area contributed by atoms with Crippen molar-refractivity contribution in [3.05, 3.63) is 41.8 Å². The van der Waals surface area contributed by atoms with Gasteiger partial charge in [0.1, 0.15) is 0 Å². The van der Waals surface area contributed by atoms with E-state index in [1.807, 2.05) is 12.3 Å². The number of pyridine rings is 1. The summed E-state index contributed by atoms with van der Waals surface area (Å²) in [7, 11) is 2.10. The largest absolute Gasteiger partial charge is 0.338 e. The molecule has 6 nitrogen and oxygen atoms in total. The Morgan fingerprint density at radius 3 is 3.14 bits per heavy atom. The molecule has 0 aromatic carbocycles. The number of rotatable bonds is 5. The van der Waals surface area contributed by atoms with Gasteiger partial charge in [0.05, 0.1) is 11.8 Å². The summed E-state index contributed by atoms with van der Waals surface area (Å²) in [4.78, 5) is 10.9. The van der Waals surface area contributed by atoms with Crippen LogP contribution in [0.5, 0.6) is 0 Å². The van der Waals surface area contributed by atoms with Gasteiger partial charge in [-0.3, -0.25) is 9.88 Å². The van der Waals surface area contributed by atoms with Gasteiger partial charge in [-0.05, 0) is 18.7 Å². The van der Waals surface area contributed by atoms with Gasteiger partial charge < -0.3 is 9.84 Å². The first-order chi connectivity index (χ1) is 10.3. The molecule has 120 valence electrons. The molecule has 1 fully saturated rings. The summed E-state index contributed by atoms with van der Waals surface area (Å²) in [6.45, 7) is 2.89. The van der Waals surface area contributed by atoms with E-state index in [0.29, 0.717) is 5.89 Å². The zero-order chi connectivity index (χ0) is 14.5. The van der Waals surface area contributed by atoms with Crippen LogP contribution in [0.15, 0.2) is 29.0 Å². The van der Waals surface area contributed by atoms with E-state index in [0.717, 1.165) is 37.0 Å². The number of aromatic nitrogens is 3. The molecule has 22 heavy (non-hydrogen) atoms. The average molecular weight is 342 g/mol. The topological polar surface area (TPSA) is 67.1 Å². The summed E-state index contributed by atoms with van der Waals surface area (Å²) in [5.74, 6) is 3.10. The number of halogens is 1. The molecule has 1 atom stereocenters. The summed E-state index contributed by atoms with van der Waals surface area (Å²) in [5.41, 5.74) is 1.21. The molecule has 0 amide bonds. The minimum absolute atomic E-state index is 0. The van der Waals surface area contributed by atoms with Crippen LogP contribution in [0.2, 0.25) is 0 Å². The molecule has 0 saturated carbocycles. The van der Waals surface area contributed by atoms with E-state index in [9.17, 15) is 0 Å². The molecule has 3 heterocycles. The van der Waals surface area contributed by atoms with Crippen LogP contribution in [0.25, 0.3) is 0 Å². The Morgan fingerprint density at radius 2 is 2.36 bits per heavy atom. The monoisotopic (exact) mass is 341 g/mol. The lowest BCUT2D eigenvalue weighted by Crippen LogP contribution is -2.44. The van der Waals surface area contributed by atoms with Crippen LogP contribution in [-0.2, 0) is 11.5 Å². The van der Waals surface area contributed by atoms with Crippen LogP contribution in [-0.4, -0.2) is 46.7 Å². The van der Waals surface area contributed by atoms with Gasteiger partial charge in [-0.15, -0.1) is 24.2 Å². The van der Waals surface area contributed by atoms with E-state index in [2.05, 4.69) is 38.5 Å². The minimum atomic E-state index is 0. The van der Waals surface area contributed by atoms with E-state index in [4.69, 9.17) is 4.52 Å². The van der Waals surface area contributed by atoms with Crippen LogP contribution in [0.4, 0.5) is 0 Å². The van der Waals surface area contributed by atoms with Crippen molar-refractivity contribution in [2.75, 3.05) is 26.7 Å². The molecule has 0 aliphatic carbocycles. The Balaban J connectivity index is 0.00000176. The fraction of sp³-hybridized carbons (Fsp3) is 0.500. The second-order valence-corrected chi connectivity index (χ2v) is 6.09. The van der Waals surface area contributed by atoms with Crippen molar-refractivity contribution in [2.45, 2.75) is 17.5 Å². The Bertz CT molecular complexity index is 567. The highest BCUT2D eigenvalue weighted by molar-refractivity contribution is 7.97. The lowest BCUT2D eigenvalue weighted by molar-refractivity contribution is 0.190. The van der Waals surface area contributed by atoms with Gasteiger partial charge in [0.25, 0.3) is 0 Å². The summed E-state index contributed by atoms with van der Waals surface area (Å²) in [6.07, 6.45) is 3.67. The molecule has 1 unspecified atom stereocenters. The third kappa shape index (κ3) is 4.42. The maximum atomic E-state index is 5.35. The van der Waals surface area contributed by atoms with Gasteiger partial charge in [-0.2, -0.15) is 4.98 Å². The maximum absolute atomic E-state index is 5.35. The number of nitrogens with zero attached hydrogens (tertiary/aromatic N) is 4. The van der Waals surface area contributed by atoms with Crippen molar-refractivity contribution in [3.63, 3.8) is 0 Å². The predicted molar refractivity (Wildman–Crippen MR) is 89.0 cm³/mol. The minimum Gasteiger partial charge on any atom is -0.338 e. The predicted octanol–water partition coefficient (Wildman–Crippen LogP) is 1.90. The second-order valence-electron chi connectivity index (χ2n) is 5.10. The number of nitrogens with one attached hydrogen (secondary N) is 1. The van der Waals surface area contributed by atoms with E-state index in [1.54, 1.807) is 18.0 Å². The van der Waals surface area contributed by atoms with Crippen molar-refractivity contribution in [2.24, 2.45) is 0 Å². The van der Waals surface area contributed by atoms with Crippen molar-refractivity contribution in [1.82, 2.24) is 25.3 Å². The lowest BCUT2D eigenvalue weighted by atomic mass is 10.2. The van der Waals surface area contributed by atoms with Gasteiger partial charge >= 0.3 is 0 Å². The van der Waals surface area contributed by atoms with Gasteiger partial charge in [0.15, 0.2) is 5.82 Å². The highest BCUT2D eigenvalue weighted by atomic mass is 35.5. The Morgan fingerprint density at radius 1 is 1.45 bits per heavy atom. The fourth-order valence-electron chi connectivity index (χ4n) is 2.30. The molecule has 1 saturated heterocycles. The third-order valence-corrected chi connectivity index (χ3v) is 4.50. The third-order valence-electron chi connectivity index (χ3n) is 3.51. The molecule has 0 bridgehead atoms. The van der Waals surface area contributed by atoms with Crippen molar-refractivity contribution < 1.29 is 4.52 Å². The number of likely N-dealkylation sites (N-methyl/N-ethyl adjacent to an activating group) is 1. The quantitative estimate of drug-likeness (QED) is 0.890. The molecule has 1 N–H and O–H groups in total. The van der Waals surface area contributed by atoms with Gasteiger partial charge in [0, 0.05) is 37.8 Å². The average Bonchev–Trinajstić information content (AvgIpc) is 2.97. The van der Waals surface area contributed by atoms with E-state index < -0.39 is 0 Å². The molecular weight excluding hydrogens is 322 g/mol. The zero-order valence-electron chi connectivity index (χ0n) is 12.4. The highest BCUT2D eigenvalue weighted by Gasteiger charge is 2.25. The maximum Gasteiger partial charge on any atom is 0.236 e. The van der Waals surface area contributed by atoms with Crippen molar-refractivity contribution in [1.29, 1.82) is 0 Å². The summed E-state index contributed by atoms with van der Waals surface area (Å²) >= 11 is 1.75. The first-order valence-corrected chi connectivity index (χ1v) is 8.18. The molecule has 1 aliphatic rings.